The van der Waals surface area contributed by atoms with E-state index in [4.69, 9.17) is 0 Å². The monoisotopic (exact) mass is 497 g/mol. The first kappa shape index (κ1) is 22.9. The summed E-state index contributed by atoms with van der Waals surface area (Å²) in [5, 5.41) is 11.2. The zero-order valence-electron chi connectivity index (χ0n) is 20.0. The standard InChI is InChI=1S/C34H26P2/c1-5-17-28(18-6-1)35(29-19-7-2-8-20-29)32-25-13-15-27-16-14-26-33(34(27)32)36(30-21-9-3-10-22-30)31-23-11-4-12-24-31/h1-26H/p+1. The lowest BCUT2D eigenvalue weighted by Gasteiger charge is -2.23. The van der Waals surface area contributed by atoms with Crippen LogP contribution in [0.1, 0.15) is 0 Å². The third-order valence-electron chi connectivity index (χ3n) is 6.55. The van der Waals surface area contributed by atoms with Gasteiger partial charge in [-0.2, -0.15) is 0 Å². The van der Waals surface area contributed by atoms with Crippen LogP contribution in [0.15, 0.2) is 158 Å². The van der Waals surface area contributed by atoms with Crippen molar-refractivity contribution in [3.8, 4) is 0 Å². The summed E-state index contributed by atoms with van der Waals surface area (Å²) in [7, 11) is -1.92. The van der Waals surface area contributed by atoms with Crippen LogP contribution in [0.4, 0.5) is 0 Å². The van der Waals surface area contributed by atoms with Gasteiger partial charge in [-0.15, -0.1) is 0 Å². The quantitative estimate of drug-likeness (QED) is 0.245. The molecule has 0 atom stereocenters. The molecule has 0 unspecified atom stereocenters. The van der Waals surface area contributed by atoms with E-state index in [1.54, 1.807) is 0 Å². The van der Waals surface area contributed by atoms with Gasteiger partial charge in [0.1, 0.15) is 15.9 Å². The van der Waals surface area contributed by atoms with Crippen molar-refractivity contribution >= 4 is 58.4 Å². The molecule has 0 radical (unpaired) electrons. The second-order valence-corrected chi connectivity index (χ2v) is 13.4. The summed E-state index contributed by atoms with van der Waals surface area (Å²) in [5.74, 6) is 0. The van der Waals surface area contributed by atoms with Gasteiger partial charge < -0.3 is 0 Å². The average molecular weight is 498 g/mol. The molecular weight excluding hydrogens is 470 g/mol. The van der Waals surface area contributed by atoms with Gasteiger partial charge in [-0.25, -0.2) is 0 Å². The summed E-state index contributed by atoms with van der Waals surface area (Å²) < 4.78 is 0. The summed E-state index contributed by atoms with van der Waals surface area (Å²) in [6.45, 7) is 0. The van der Waals surface area contributed by atoms with Crippen molar-refractivity contribution in [2.75, 3.05) is 0 Å². The number of rotatable bonds is 6. The van der Waals surface area contributed by atoms with Crippen molar-refractivity contribution < 1.29 is 0 Å². The Hall–Kier alpha value is -3.56. The van der Waals surface area contributed by atoms with Gasteiger partial charge in [0.2, 0.25) is 0 Å². The molecule has 0 amide bonds. The maximum atomic E-state index is 2.38. The molecule has 0 aliphatic heterocycles. The van der Waals surface area contributed by atoms with Crippen LogP contribution in [-0.2, 0) is 0 Å². The van der Waals surface area contributed by atoms with Gasteiger partial charge in [0.15, 0.2) is 0 Å². The Morgan fingerprint density at radius 3 is 1.33 bits per heavy atom. The Bertz CT molecular complexity index is 1370. The molecule has 0 bridgehead atoms. The number of hydrogen-bond acceptors (Lipinski definition) is 0. The Labute approximate surface area is 215 Å². The van der Waals surface area contributed by atoms with Gasteiger partial charge in [0.05, 0.1) is 7.92 Å². The van der Waals surface area contributed by atoms with Crippen molar-refractivity contribution in [1.82, 2.24) is 0 Å². The number of fused-ring (bicyclic) bond motifs is 1. The van der Waals surface area contributed by atoms with Gasteiger partial charge in [-0.05, 0) is 59.6 Å². The summed E-state index contributed by atoms with van der Waals surface area (Å²) in [5.41, 5.74) is 0. The van der Waals surface area contributed by atoms with E-state index in [9.17, 15) is 0 Å². The van der Waals surface area contributed by atoms with Gasteiger partial charge in [-0.3, -0.25) is 0 Å². The molecule has 0 heterocycles. The molecule has 0 N–H and O–H groups in total. The molecule has 172 valence electrons. The van der Waals surface area contributed by atoms with Gasteiger partial charge in [0.25, 0.3) is 0 Å². The summed E-state index contributed by atoms with van der Waals surface area (Å²) >= 11 is 0. The van der Waals surface area contributed by atoms with Crippen LogP contribution < -0.4 is 31.8 Å². The first-order valence-corrected chi connectivity index (χ1v) is 15.1. The molecule has 0 saturated heterocycles. The Kier molecular flexibility index (Phi) is 6.73. The van der Waals surface area contributed by atoms with E-state index in [0.717, 1.165) is 0 Å². The van der Waals surface area contributed by atoms with Gasteiger partial charge in [-0.1, -0.05) is 127 Å². The lowest BCUT2D eigenvalue weighted by atomic mass is 10.1. The second kappa shape index (κ2) is 10.6. The van der Waals surface area contributed by atoms with Crippen molar-refractivity contribution in [3.63, 3.8) is 0 Å². The number of benzene rings is 6. The lowest BCUT2D eigenvalue weighted by Crippen LogP contribution is -2.27. The Morgan fingerprint density at radius 1 is 0.389 bits per heavy atom. The van der Waals surface area contributed by atoms with E-state index in [2.05, 4.69) is 158 Å². The average Bonchev–Trinajstić information content (AvgIpc) is 2.96. The highest BCUT2D eigenvalue weighted by atomic mass is 31.1. The predicted octanol–water partition coefficient (Wildman–Crippen LogP) is 6.09. The smallest absolute Gasteiger partial charge is 0.0622 e. The SMILES string of the molecule is c1ccc(P(c2ccccc2)c2cccc3cccc([PH+](c4ccccc4)c4ccccc4)c23)cc1. The van der Waals surface area contributed by atoms with Crippen LogP contribution in [0.5, 0.6) is 0 Å². The van der Waals surface area contributed by atoms with E-state index in [1.165, 1.54) is 42.6 Å². The summed E-state index contributed by atoms with van der Waals surface area (Å²) in [4.78, 5) is 0. The second-order valence-electron chi connectivity index (χ2n) is 8.79. The fourth-order valence-corrected chi connectivity index (χ4v) is 10.4. The normalized spacial score (nSPS) is 11.3. The van der Waals surface area contributed by atoms with Crippen LogP contribution in [0.25, 0.3) is 10.8 Å². The van der Waals surface area contributed by atoms with E-state index >= 15 is 0 Å². The minimum absolute atomic E-state index is 0.708. The molecule has 36 heavy (non-hydrogen) atoms. The topological polar surface area (TPSA) is 0 Å². The predicted molar refractivity (Wildman–Crippen MR) is 163 cm³/mol. The van der Waals surface area contributed by atoms with Crippen LogP contribution in [0.2, 0.25) is 0 Å². The molecular formula is C34H27P2+. The van der Waals surface area contributed by atoms with E-state index in [1.807, 2.05) is 0 Å². The number of hydrogen-bond donors (Lipinski definition) is 0. The van der Waals surface area contributed by atoms with Crippen molar-refractivity contribution in [3.05, 3.63) is 158 Å². The fraction of sp³-hybridized carbons (Fsp3) is 0. The Balaban J connectivity index is 1.66. The minimum Gasteiger partial charge on any atom is -0.0622 e. The highest BCUT2D eigenvalue weighted by Crippen LogP contribution is 2.40. The highest BCUT2D eigenvalue weighted by molar-refractivity contribution is 7.82. The largest absolute Gasteiger partial charge is 0.110 e. The molecule has 0 aliphatic carbocycles. The molecule has 0 fully saturated rings. The first-order valence-electron chi connectivity index (χ1n) is 12.3. The van der Waals surface area contributed by atoms with E-state index in [0.29, 0.717) is 0 Å². The van der Waals surface area contributed by atoms with Crippen LogP contribution in [-0.4, -0.2) is 0 Å². The van der Waals surface area contributed by atoms with Gasteiger partial charge >= 0.3 is 0 Å². The van der Waals surface area contributed by atoms with Crippen LogP contribution >= 0.6 is 15.8 Å². The first-order chi connectivity index (χ1) is 17.9. The zero-order chi connectivity index (χ0) is 24.2. The minimum atomic E-state index is -1.21. The third kappa shape index (κ3) is 4.52. The molecule has 2 heteroatoms. The summed E-state index contributed by atoms with van der Waals surface area (Å²) in [6.07, 6.45) is 0. The van der Waals surface area contributed by atoms with E-state index in [-0.39, 0.29) is 0 Å². The molecule has 6 aromatic rings. The molecule has 0 nitrogen and oxygen atoms in total. The maximum absolute atomic E-state index is 2.38. The third-order valence-corrected chi connectivity index (χ3v) is 11.8. The fourth-order valence-electron chi connectivity index (χ4n) is 4.98. The van der Waals surface area contributed by atoms with Crippen molar-refractivity contribution in [1.29, 1.82) is 0 Å². The van der Waals surface area contributed by atoms with Crippen LogP contribution in [0.3, 0.4) is 0 Å². The van der Waals surface area contributed by atoms with Gasteiger partial charge in [0, 0.05) is 5.39 Å². The molecule has 0 aromatic heterocycles. The molecule has 0 aliphatic rings. The molecule has 6 aromatic carbocycles. The Morgan fingerprint density at radius 2 is 0.833 bits per heavy atom. The van der Waals surface area contributed by atoms with E-state index < -0.39 is 15.8 Å². The van der Waals surface area contributed by atoms with Crippen molar-refractivity contribution in [2.45, 2.75) is 0 Å². The molecule has 6 rings (SSSR count). The van der Waals surface area contributed by atoms with Crippen molar-refractivity contribution in [2.24, 2.45) is 0 Å². The lowest BCUT2D eigenvalue weighted by molar-refractivity contribution is 1.74. The maximum Gasteiger partial charge on any atom is 0.110 e. The zero-order valence-corrected chi connectivity index (χ0v) is 21.9. The highest BCUT2D eigenvalue weighted by Gasteiger charge is 2.30. The summed E-state index contributed by atoms with van der Waals surface area (Å²) in [6, 6.07) is 58.0. The van der Waals surface area contributed by atoms with Crippen LogP contribution in [0, 0.1) is 0 Å². The molecule has 0 spiro atoms. The molecule has 0 saturated carbocycles.